The molecule has 118 valence electrons. The van der Waals surface area contributed by atoms with Gasteiger partial charge in [-0.2, -0.15) is 0 Å². The molecule has 0 N–H and O–H groups in total. The van der Waals surface area contributed by atoms with Crippen LogP contribution in [0.25, 0.3) is 11.3 Å². The summed E-state index contributed by atoms with van der Waals surface area (Å²) in [7, 11) is 0. The Labute approximate surface area is 130 Å². The summed E-state index contributed by atoms with van der Waals surface area (Å²) in [6.07, 6.45) is 0.455. The summed E-state index contributed by atoms with van der Waals surface area (Å²) >= 11 is 0. The molecule has 0 saturated carbocycles. The maximum absolute atomic E-state index is 5.89. The molecule has 0 aliphatic carbocycles. The molecule has 5 heteroatoms. The van der Waals surface area contributed by atoms with Crippen LogP contribution in [0, 0.1) is 0 Å². The minimum absolute atomic E-state index is 0.343. The molecule has 2 aromatic rings. The van der Waals surface area contributed by atoms with E-state index in [9.17, 15) is 0 Å². The fourth-order valence-corrected chi connectivity index (χ4v) is 2.69. The average molecular weight is 303 g/mol. The summed E-state index contributed by atoms with van der Waals surface area (Å²) in [6.45, 7) is 5.07. The number of benzene rings is 1. The van der Waals surface area contributed by atoms with Crippen LogP contribution >= 0.6 is 0 Å². The molecule has 1 aromatic carbocycles. The summed E-state index contributed by atoms with van der Waals surface area (Å²) in [5.41, 5.74) is 2.95. The third-order valence-corrected chi connectivity index (χ3v) is 3.65. The highest BCUT2D eigenvalue weighted by molar-refractivity contribution is 5.63. The number of hydrogen-bond acceptors (Lipinski definition) is 5. The van der Waals surface area contributed by atoms with E-state index >= 15 is 0 Å². The van der Waals surface area contributed by atoms with Gasteiger partial charge in [0.1, 0.15) is 11.5 Å². The van der Waals surface area contributed by atoms with Crippen LogP contribution in [0.5, 0.6) is 0 Å². The van der Waals surface area contributed by atoms with Gasteiger partial charge in [-0.15, -0.1) is 0 Å². The van der Waals surface area contributed by atoms with Gasteiger partial charge in [0, 0.05) is 30.8 Å². The molecule has 1 aliphatic heterocycles. The number of hydrogen-bond donors (Lipinski definition) is 0. The third-order valence-electron chi connectivity index (χ3n) is 3.65. The molecular formula is C17H21NO4. The Kier molecular flexibility index (Phi) is 4.87. The van der Waals surface area contributed by atoms with Gasteiger partial charge in [-0.25, -0.2) is 0 Å². The van der Waals surface area contributed by atoms with Crippen LogP contribution in [-0.2, 0) is 27.1 Å². The Morgan fingerprint density at radius 3 is 2.41 bits per heavy atom. The standard InChI is InChI=1S/C17H21NO4/c1-3-19-15-10-13-14(11-16(21-15)20-4-2)22-18-17(13)12-8-6-5-7-9-12/h5-9,15-16H,3-4,10-11H2,1-2H3/t15-,16-/m1/s1. The molecule has 22 heavy (non-hydrogen) atoms. The van der Waals surface area contributed by atoms with Crippen molar-refractivity contribution in [2.75, 3.05) is 13.2 Å². The van der Waals surface area contributed by atoms with Gasteiger partial charge in [-0.1, -0.05) is 35.5 Å². The predicted octanol–water partition coefficient (Wildman–Crippen LogP) is 3.18. The molecule has 0 fully saturated rings. The van der Waals surface area contributed by atoms with Crippen LogP contribution in [0.2, 0.25) is 0 Å². The minimum Gasteiger partial charge on any atom is -0.360 e. The van der Waals surface area contributed by atoms with Crippen LogP contribution in [0.15, 0.2) is 34.9 Å². The number of fused-ring (bicyclic) bond motifs is 1. The second-order valence-electron chi connectivity index (χ2n) is 5.11. The lowest BCUT2D eigenvalue weighted by atomic mass is 10.0. The highest BCUT2D eigenvalue weighted by Crippen LogP contribution is 2.31. The molecule has 5 nitrogen and oxygen atoms in total. The van der Waals surface area contributed by atoms with Gasteiger partial charge in [0.25, 0.3) is 0 Å². The largest absolute Gasteiger partial charge is 0.360 e. The zero-order valence-electron chi connectivity index (χ0n) is 13.0. The molecule has 0 spiro atoms. The first-order valence-electron chi connectivity index (χ1n) is 7.73. The Morgan fingerprint density at radius 1 is 1.05 bits per heavy atom. The van der Waals surface area contributed by atoms with Gasteiger partial charge in [-0.05, 0) is 13.8 Å². The molecule has 0 unspecified atom stereocenters. The van der Waals surface area contributed by atoms with E-state index in [-0.39, 0.29) is 12.6 Å². The van der Waals surface area contributed by atoms with Gasteiger partial charge in [0.15, 0.2) is 12.6 Å². The van der Waals surface area contributed by atoms with E-state index in [1.807, 2.05) is 44.2 Å². The van der Waals surface area contributed by atoms with Gasteiger partial charge < -0.3 is 18.7 Å². The molecule has 0 amide bonds. The molecule has 2 heterocycles. The zero-order chi connectivity index (χ0) is 15.4. The lowest BCUT2D eigenvalue weighted by Crippen LogP contribution is -2.27. The van der Waals surface area contributed by atoms with Crippen LogP contribution < -0.4 is 0 Å². The van der Waals surface area contributed by atoms with E-state index in [2.05, 4.69) is 5.16 Å². The maximum Gasteiger partial charge on any atom is 0.167 e. The quantitative estimate of drug-likeness (QED) is 0.849. The number of ether oxygens (including phenoxy) is 3. The monoisotopic (exact) mass is 303 g/mol. The first-order valence-corrected chi connectivity index (χ1v) is 7.73. The Bertz CT molecular complexity index is 596. The summed E-state index contributed by atoms with van der Waals surface area (Å²) in [4.78, 5) is 0. The number of aromatic nitrogens is 1. The Morgan fingerprint density at radius 2 is 1.73 bits per heavy atom. The molecule has 0 radical (unpaired) electrons. The first-order chi connectivity index (χ1) is 10.8. The summed E-state index contributed by atoms with van der Waals surface area (Å²) in [5.74, 6) is 0.819. The molecule has 0 bridgehead atoms. The fourth-order valence-electron chi connectivity index (χ4n) is 2.69. The molecule has 2 atom stereocenters. The van der Waals surface area contributed by atoms with Gasteiger partial charge in [0.05, 0.1) is 6.42 Å². The average Bonchev–Trinajstić information content (AvgIpc) is 2.83. The SMILES string of the molecule is CCO[C@H]1Cc2onc(-c3ccccc3)c2C[C@H](OCC)O1. The van der Waals surface area contributed by atoms with E-state index in [1.165, 1.54) is 0 Å². The topological polar surface area (TPSA) is 53.7 Å². The van der Waals surface area contributed by atoms with Crippen molar-refractivity contribution in [2.24, 2.45) is 0 Å². The zero-order valence-corrected chi connectivity index (χ0v) is 13.0. The van der Waals surface area contributed by atoms with Crippen LogP contribution in [-0.4, -0.2) is 31.0 Å². The third kappa shape index (κ3) is 3.21. The van der Waals surface area contributed by atoms with E-state index in [0.29, 0.717) is 26.1 Å². The Balaban J connectivity index is 1.93. The smallest absolute Gasteiger partial charge is 0.167 e. The minimum atomic E-state index is -0.362. The van der Waals surface area contributed by atoms with Crippen molar-refractivity contribution in [3.05, 3.63) is 41.7 Å². The molecule has 0 saturated heterocycles. The second kappa shape index (κ2) is 7.05. The lowest BCUT2D eigenvalue weighted by Gasteiger charge is -2.21. The summed E-state index contributed by atoms with van der Waals surface area (Å²) in [5, 5.41) is 4.26. The van der Waals surface area contributed by atoms with E-state index in [4.69, 9.17) is 18.7 Å². The predicted molar refractivity (Wildman–Crippen MR) is 81.3 cm³/mol. The van der Waals surface area contributed by atoms with E-state index in [0.717, 1.165) is 22.6 Å². The highest BCUT2D eigenvalue weighted by Gasteiger charge is 2.30. The summed E-state index contributed by atoms with van der Waals surface area (Å²) < 4.78 is 22.8. The number of nitrogens with zero attached hydrogens (tertiary/aromatic N) is 1. The maximum atomic E-state index is 5.89. The van der Waals surface area contributed by atoms with Gasteiger partial charge in [-0.3, -0.25) is 0 Å². The van der Waals surface area contributed by atoms with Gasteiger partial charge in [0.2, 0.25) is 0 Å². The van der Waals surface area contributed by atoms with Crippen molar-refractivity contribution in [1.29, 1.82) is 0 Å². The lowest BCUT2D eigenvalue weighted by molar-refractivity contribution is -0.239. The van der Waals surface area contributed by atoms with Crippen molar-refractivity contribution in [1.82, 2.24) is 5.16 Å². The van der Waals surface area contributed by atoms with Crippen LogP contribution in [0.4, 0.5) is 0 Å². The molecule has 3 rings (SSSR count). The van der Waals surface area contributed by atoms with Crippen LogP contribution in [0.1, 0.15) is 25.2 Å². The number of rotatable bonds is 5. The second-order valence-corrected chi connectivity index (χ2v) is 5.11. The molecule has 1 aliphatic rings. The van der Waals surface area contributed by atoms with Crippen LogP contribution in [0.3, 0.4) is 0 Å². The Hall–Kier alpha value is -1.69. The van der Waals surface area contributed by atoms with E-state index < -0.39 is 0 Å². The van der Waals surface area contributed by atoms with Crippen molar-refractivity contribution >= 4 is 0 Å². The normalized spacial score (nSPS) is 21.4. The van der Waals surface area contributed by atoms with Crippen molar-refractivity contribution in [3.8, 4) is 11.3 Å². The van der Waals surface area contributed by atoms with Crippen molar-refractivity contribution in [2.45, 2.75) is 39.3 Å². The summed E-state index contributed by atoms with van der Waals surface area (Å²) in [6, 6.07) is 10.0. The molecular weight excluding hydrogens is 282 g/mol. The fraction of sp³-hybridized carbons (Fsp3) is 0.471. The van der Waals surface area contributed by atoms with Crippen molar-refractivity contribution in [3.63, 3.8) is 0 Å². The van der Waals surface area contributed by atoms with E-state index in [1.54, 1.807) is 0 Å². The first kappa shape index (κ1) is 15.2. The molecule has 1 aromatic heterocycles. The van der Waals surface area contributed by atoms with Crippen molar-refractivity contribution < 1.29 is 18.7 Å². The highest BCUT2D eigenvalue weighted by atomic mass is 16.8. The van der Waals surface area contributed by atoms with Gasteiger partial charge >= 0.3 is 0 Å².